The summed E-state index contributed by atoms with van der Waals surface area (Å²) < 4.78 is 0. The first kappa shape index (κ1) is 13.6. The second kappa shape index (κ2) is 6.31. The van der Waals surface area contributed by atoms with E-state index in [4.69, 9.17) is 0 Å². The van der Waals surface area contributed by atoms with E-state index in [-0.39, 0.29) is 5.41 Å². The SMILES string of the molecule is Cc1ccc(C(C)(C)CNCCCS)cc1. The highest BCUT2D eigenvalue weighted by Crippen LogP contribution is 2.22. The van der Waals surface area contributed by atoms with Crippen LogP contribution >= 0.6 is 12.6 Å². The van der Waals surface area contributed by atoms with Gasteiger partial charge in [0.1, 0.15) is 0 Å². The number of hydrogen-bond donors (Lipinski definition) is 2. The van der Waals surface area contributed by atoms with E-state index >= 15 is 0 Å². The van der Waals surface area contributed by atoms with Gasteiger partial charge in [-0.25, -0.2) is 0 Å². The molecule has 0 radical (unpaired) electrons. The van der Waals surface area contributed by atoms with Gasteiger partial charge in [0.25, 0.3) is 0 Å². The summed E-state index contributed by atoms with van der Waals surface area (Å²) in [6, 6.07) is 8.83. The first-order valence-corrected chi connectivity index (χ1v) is 6.58. The molecule has 1 aromatic carbocycles. The number of benzene rings is 1. The van der Waals surface area contributed by atoms with Gasteiger partial charge >= 0.3 is 0 Å². The van der Waals surface area contributed by atoms with Crippen molar-refractivity contribution in [1.29, 1.82) is 0 Å². The summed E-state index contributed by atoms with van der Waals surface area (Å²) in [7, 11) is 0. The first-order valence-electron chi connectivity index (χ1n) is 5.95. The minimum atomic E-state index is 0.199. The molecule has 1 nitrogen and oxygen atoms in total. The lowest BCUT2D eigenvalue weighted by molar-refractivity contribution is 0.470. The van der Waals surface area contributed by atoms with Gasteiger partial charge < -0.3 is 5.32 Å². The Bertz CT molecular complexity index is 303. The van der Waals surface area contributed by atoms with Crippen molar-refractivity contribution in [2.45, 2.75) is 32.6 Å². The second-order valence-corrected chi connectivity index (χ2v) is 5.45. The fourth-order valence-electron chi connectivity index (χ4n) is 1.71. The van der Waals surface area contributed by atoms with Gasteiger partial charge in [0, 0.05) is 12.0 Å². The van der Waals surface area contributed by atoms with Crippen LogP contribution in [0, 0.1) is 6.92 Å². The van der Waals surface area contributed by atoms with Crippen molar-refractivity contribution in [3.63, 3.8) is 0 Å². The molecule has 1 rings (SSSR count). The van der Waals surface area contributed by atoms with E-state index in [0.29, 0.717) is 0 Å². The molecule has 0 spiro atoms. The van der Waals surface area contributed by atoms with Crippen LogP contribution in [0.3, 0.4) is 0 Å². The predicted octanol–water partition coefficient (Wildman–Crippen LogP) is 3.18. The lowest BCUT2D eigenvalue weighted by Gasteiger charge is -2.26. The van der Waals surface area contributed by atoms with Crippen LogP contribution in [-0.2, 0) is 5.41 Å². The van der Waals surface area contributed by atoms with Crippen molar-refractivity contribution in [3.8, 4) is 0 Å². The fourth-order valence-corrected chi connectivity index (χ4v) is 1.87. The van der Waals surface area contributed by atoms with E-state index in [9.17, 15) is 0 Å². The molecule has 0 saturated heterocycles. The van der Waals surface area contributed by atoms with Crippen molar-refractivity contribution < 1.29 is 0 Å². The van der Waals surface area contributed by atoms with Crippen LogP contribution < -0.4 is 5.32 Å². The van der Waals surface area contributed by atoms with Gasteiger partial charge in [0.05, 0.1) is 0 Å². The van der Waals surface area contributed by atoms with Gasteiger partial charge in [0.15, 0.2) is 0 Å². The molecule has 16 heavy (non-hydrogen) atoms. The molecule has 90 valence electrons. The van der Waals surface area contributed by atoms with E-state index in [1.807, 2.05) is 0 Å². The summed E-state index contributed by atoms with van der Waals surface area (Å²) in [5, 5.41) is 3.49. The Hall–Kier alpha value is -0.470. The first-order chi connectivity index (χ1) is 7.56. The van der Waals surface area contributed by atoms with Crippen molar-refractivity contribution in [2.24, 2.45) is 0 Å². The van der Waals surface area contributed by atoms with Crippen LogP contribution in [-0.4, -0.2) is 18.8 Å². The topological polar surface area (TPSA) is 12.0 Å². The smallest absolute Gasteiger partial charge is 0.00431 e. The molecule has 2 heteroatoms. The maximum atomic E-state index is 4.21. The van der Waals surface area contributed by atoms with E-state index in [0.717, 1.165) is 25.3 Å². The quantitative estimate of drug-likeness (QED) is 0.572. The lowest BCUT2D eigenvalue weighted by Crippen LogP contribution is -2.33. The van der Waals surface area contributed by atoms with E-state index in [1.54, 1.807) is 0 Å². The maximum Gasteiger partial charge on any atom is 0.00431 e. The minimum Gasteiger partial charge on any atom is -0.316 e. The Morgan fingerprint density at radius 1 is 1.19 bits per heavy atom. The molecule has 0 atom stereocenters. The normalized spacial score (nSPS) is 11.8. The third-order valence-electron chi connectivity index (χ3n) is 2.91. The van der Waals surface area contributed by atoms with Crippen molar-refractivity contribution >= 4 is 12.6 Å². The molecular weight excluding hydrogens is 214 g/mol. The largest absolute Gasteiger partial charge is 0.316 e. The highest BCUT2D eigenvalue weighted by molar-refractivity contribution is 7.80. The number of nitrogens with one attached hydrogen (secondary N) is 1. The van der Waals surface area contributed by atoms with E-state index in [2.05, 4.69) is 63.0 Å². The van der Waals surface area contributed by atoms with Crippen molar-refractivity contribution in [2.75, 3.05) is 18.8 Å². The van der Waals surface area contributed by atoms with Gasteiger partial charge in [-0.15, -0.1) is 0 Å². The van der Waals surface area contributed by atoms with Crippen LogP contribution in [0.5, 0.6) is 0 Å². The summed E-state index contributed by atoms with van der Waals surface area (Å²) >= 11 is 4.21. The molecule has 0 aliphatic carbocycles. The zero-order chi connectivity index (χ0) is 12.0. The maximum absolute atomic E-state index is 4.21. The van der Waals surface area contributed by atoms with Crippen LogP contribution in [0.1, 0.15) is 31.4 Å². The fraction of sp³-hybridized carbons (Fsp3) is 0.571. The van der Waals surface area contributed by atoms with Gasteiger partial charge in [-0.2, -0.15) is 12.6 Å². The van der Waals surface area contributed by atoms with Crippen LogP contribution in [0.25, 0.3) is 0 Å². The Morgan fingerprint density at radius 3 is 2.38 bits per heavy atom. The highest BCUT2D eigenvalue weighted by Gasteiger charge is 2.19. The highest BCUT2D eigenvalue weighted by atomic mass is 32.1. The number of rotatable bonds is 6. The molecular formula is C14H23NS. The Labute approximate surface area is 105 Å². The lowest BCUT2D eigenvalue weighted by atomic mass is 9.84. The Kier molecular flexibility index (Phi) is 5.36. The van der Waals surface area contributed by atoms with Gasteiger partial charge in [-0.1, -0.05) is 43.7 Å². The zero-order valence-corrected chi connectivity index (χ0v) is 11.5. The molecule has 0 fully saturated rings. The zero-order valence-electron chi connectivity index (χ0n) is 10.6. The number of aryl methyl sites for hydroxylation is 1. The summed E-state index contributed by atoms with van der Waals surface area (Å²) in [5.74, 6) is 0.956. The van der Waals surface area contributed by atoms with Crippen LogP contribution in [0.4, 0.5) is 0 Å². The molecule has 0 amide bonds. The Morgan fingerprint density at radius 2 is 1.81 bits per heavy atom. The third-order valence-corrected chi connectivity index (χ3v) is 3.23. The summed E-state index contributed by atoms with van der Waals surface area (Å²) in [6.45, 7) is 8.76. The molecule has 0 unspecified atom stereocenters. The van der Waals surface area contributed by atoms with Crippen LogP contribution in [0.2, 0.25) is 0 Å². The summed E-state index contributed by atoms with van der Waals surface area (Å²) in [4.78, 5) is 0. The molecule has 0 aliphatic heterocycles. The van der Waals surface area contributed by atoms with Crippen LogP contribution in [0.15, 0.2) is 24.3 Å². The number of hydrogen-bond acceptors (Lipinski definition) is 2. The molecule has 0 aromatic heterocycles. The minimum absolute atomic E-state index is 0.199. The standard InChI is InChI=1S/C14H23NS/c1-12-5-7-13(8-6-12)14(2,3)11-15-9-4-10-16/h5-8,15-16H,4,9-11H2,1-3H3. The third kappa shape index (κ3) is 4.18. The molecule has 0 heterocycles. The van der Waals surface area contributed by atoms with Gasteiger partial charge in [-0.3, -0.25) is 0 Å². The molecule has 1 N–H and O–H groups in total. The molecule has 0 aliphatic rings. The Balaban J connectivity index is 2.52. The molecule has 0 bridgehead atoms. The molecule has 1 aromatic rings. The van der Waals surface area contributed by atoms with Gasteiger partial charge in [0.2, 0.25) is 0 Å². The second-order valence-electron chi connectivity index (χ2n) is 5.00. The molecule has 0 saturated carbocycles. The van der Waals surface area contributed by atoms with Gasteiger partial charge in [-0.05, 0) is 31.2 Å². The number of thiol groups is 1. The average molecular weight is 237 g/mol. The van der Waals surface area contributed by atoms with E-state index in [1.165, 1.54) is 11.1 Å². The predicted molar refractivity (Wildman–Crippen MR) is 75.5 cm³/mol. The monoisotopic (exact) mass is 237 g/mol. The summed E-state index contributed by atoms with van der Waals surface area (Å²) in [6.07, 6.45) is 1.13. The van der Waals surface area contributed by atoms with Crippen molar-refractivity contribution in [1.82, 2.24) is 5.32 Å². The van der Waals surface area contributed by atoms with E-state index < -0.39 is 0 Å². The average Bonchev–Trinajstić information content (AvgIpc) is 2.25. The van der Waals surface area contributed by atoms with Crippen molar-refractivity contribution in [3.05, 3.63) is 35.4 Å². The summed E-state index contributed by atoms with van der Waals surface area (Å²) in [5.41, 5.74) is 2.92.